The quantitative estimate of drug-likeness (QED) is 0.485. The van der Waals surface area contributed by atoms with Crippen molar-refractivity contribution in [2.75, 3.05) is 26.3 Å². The van der Waals surface area contributed by atoms with Crippen LogP contribution in [0.1, 0.15) is 23.3 Å². The monoisotopic (exact) mass is 439 g/mol. The molecule has 0 saturated carbocycles. The van der Waals surface area contributed by atoms with Crippen LogP contribution in [0.2, 0.25) is 0 Å². The molecule has 1 saturated heterocycles. The van der Waals surface area contributed by atoms with Crippen LogP contribution in [0.25, 0.3) is 27.4 Å². The van der Waals surface area contributed by atoms with Crippen LogP contribution >= 0.6 is 11.3 Å². The summed E-state index contributed by atoms with van der Waals surface area (Å²) in [7, 11) is 0. The maximum atomic E-state index is 13.5. The number of nitrogens with zero attached hydrogens (tertiary/aromatic N) is 5. The van der Waals surface area contributed by atoms with Gasteiger partial charge in [0, 0.05) is 18.0 Å². The molecule has 2 aliphatic rings. The molecule has 6 rings (SSSR count). The van der Waals surface area contributed by atoms with Gasteiger partial charge in [-0.3, -0.25) is 9.36 Å². The zero-order valence-corrected chi connectivity index (χ0v) is 17.7. The highest BCUT2D eigenvalue weighted by atomic mass is 32.1. The smallest absolute Gasteiger partial charge is 0.352 e. The third-order valence-electron chi connectivity index (χ3n) is 6.04. The van der Waals surface area contributed by atoms with Gasteiger partial charge in [0.2, 0.25) is 11.7 Å². The van der Waals surface area contributed by atoms with E-state index in [1.807, 2.05) is 0 Å². The predicted octanol–water partition coefficient (Wildman–Crippen LogP) is 2.10. The molecular weight excluding hydrogens is 418 g/mol. The van der Waals surface area contributed by atoms with E-state index in [0.717, 1.165) is 35.9 Å². The van der Waals surface area contributed by atoms with Crippen LogP contribution < -0.4 is 5.69 Å². The highest BCUT2D eigenvalue weighted by Gasteiger charge is 2.27. The molecule has 1 fully saturated rings. The Balaban J connectivity index is 1.56. The Morgan fingerprint density at radius 3 is 2.84 bits per heavy atom. The molecule has 10 heteroatoms. The van der Waals surface area contributed by atoms with Crippen LogP contribution in [0.3, 0.4) is 0 Å². The van der Waals surface area contributed by atoms with Crippen molar-refractivity contribution in [2.24, 2.45) is 0 Å². The van der Waals surface area contributed by atoms with Crippen LogP contribution in [0.5, 0.6) is 0 Å². The zero-order chi connectivity index (χ0) is 20.9. The van der Waals surface area contributed by atoms with Gasteiger partial charge in [0.1, 0.15) is 11.4 Å². The number of aromatic nitrogens is 4. The second kappa shape index (κ2) is 7.31. The number of hydrogen-bond acceptors (Lipinski definition) is 7. The molecule has 9 nitrogen and oxygen atoms in total. The molecule has 0 unspecified atom stereocenters. The maximum Gasteiger partial charge on any atom is 0.352 e. The molecule has 5 heterocycles. The van der Waals surface area contributed by atoms with E-state index >= 15 is 0 Å². The van der Waals surface area contributed by atoms with E-state index in [0.29, 0.717) is 43.5 Å². The van der Waals surface area contributed by atoms with E-state index in [1.165, 1.54) is 15.0 Å². The molecule has 1 aliphatic heterocycles. The van der Waals surface area contributed by atoms with Crippen molar-refractivity contribution in [3.8, 4) is 11.6 Å². The number of ether oxygens (including phenoxy) is 1. The topological polar surface area (TPSA) is 94.9 Å². The van der Waals surface area contributed by atoms with Gasteiger partial charge in [0.05, 0.1) is 24.9 Å². The zero-order valence-electron chi connectivity index (χ0n) is 16.9. The van der Waals surface area contributed by atoms with Gasteiger partial charge in [0.25, 0.3) is 0 Å². The SMILES string of the molecule is O=C(Cn1c(=O)n2nc(-c3ccco3)nc2c2c3c(sc21)CCCC3)N1CCOCC1. The van der Waals surface area contributed by atoms with Crippen LogP contribution in [-0.4, -0.2) is 56.3 Å². The highest BCUT2D eigenvalue weighted by molar-refractivity contribution is 7.19. The van der Waals surface area contributed by atoms with Crippen LogP contribution in [0.15, 0.2) is 27.6 Å². The second-order valence-corrected chi connectivity index (χ2v) is 8.98. The first-order valence-electron chi connectivity index (χ1n) is 10.5. The molecule has 1 aliphatic carbocycles. The van der Waals surface area contributed by atoms with Crippen molar-refractivity contribution in [2.45, 2.75) is 32.2 Å². The van der Waals surface area contributed by atoms with Gasteiger partial charge in [-0.15, -0.1) is 16.4 Å². The number of fused-ring (bicyclic) bond motifs is 5. The number of aryl methyl sites for hydroxylation is 2. The van der Waals surface area contributed by atoms with Gasteiger partial charge in [-0.05, 0) is 43.4 Å². The first-order valence-corrected chi connectivity index (χ1v) is 11.4. The molecule has 0 bridgehead atoms. The van der Waals surface area contributed by atoms with Crippen LogP contribution in [0, 0.1) is 0 Å². The first kappa shape index (κ1) is 18.8. The minimum atomic E-state index is -0.354. The van der Waals surface area contributed by atoms with Gasteiger partial charge in [-0.1, -0.05) is 0 Å². The average Bonchev–Trinajstić information content (AvgIpc) is 3.54. The van der Waals surface area contributed by atoms with Crippen molar-refractivity contribution in [3.63, 3.8) is 0 Å². The van der Waals surface area contributed by atoms with Gasteiger partial charge >= 0.3 is 5.69 Å². The summed E-state index contributed by atoms with van der Waals surface area (Å²) in [6.07, 6.45) is 5.74. The van der Waals surface area contributed by atoms with Gasteiger partial charge in [0.15, 0.2) is 11.4 Å². The van der Waals surface area contributed by atoms with Crippen molar-refractivity contribution >= 4 is 33.1 Å². The normalized spacial score (nSPS) is 16.8. The van der Waals surface area contributed by atoms with Gasteiger partial charge in [-0.25, -0.2) is 9.78 Å². The molecule has 160 valence electrons. The fourth-order valence-electron chi connectivity index (χ4n) is 4.48. The first-order chi connectivity index (χ1) is 15.2. The summed E-state index contributed by atoms with van der Waals surface area (Å²) in [5.41, 5.74) is 1.43. The summed E-state index contributed by atoms with van der Waals surface area (Å²) >= 11 is 1.61. The molecule has 0 spiro atoms. The largest absolute Gasteiger partial charge is 0.461 e. The summed E-state index contributed by atoms with van der Waals surface area (Å²) in [5, 5.41) is 5.40. The van der Waals surface area contributed by atoms with E-state index in [4.69, 9.17) is 9.15 Å². The maximum absolute atomic E-state index is 13.5. The lowest BCUT2D eigenvalue weighted by Crippen LogP contribution is -2.44. The summed E-state index contributed by atoms with van der Waals surface area (Å²) in [5.74, 6) is 0.802. The molecular formula is C21H21N5O4S. The number of carbonyl (C=O) groups is 1. The Labute approximate surface area is 180 Å². The van der Waals surface area contributed by atoms with Gasteiger partial charge in [-0.2, -0.15) is 4.52 Å². The molecule has 4 aromatic rings. The molecule has 31 heavy (non-hydrogen) atoms. The van der Waals surface area contributed by atoms with E-state index in [-0.39, 0.29) is 18.1 Å². The number of carbonyl (C=O) groups excluding carboxylic acids is 1. The highest BCUT2D eigenvalue weighted by Crippen LogP contribution is 2.38. The Kier molecular flexibility index (Phi) is 4.43. The molecule has 0 N–H and O–H groups in total. The third-order valence-corrected chi connectivity index (χ3v) is 7.35. The van der Waals surface area contributed by atoms with Gasteiger partial charge < -0.3 is 14.1 Å². The summed E-state index contributed by atoms with van der Waals surface area (Å²) < 4.78 is 13.7. The third kappa shape index (κ3) is 3.01. The number of furan rings is 1. The second-order valence-electron chi connectivity index (χ2n) is 7.90. The molecule has 0 atom stereocenters. The Hall–Kier alpha value is -2.98. The Bertz CT molecular complexity index is 1340. The Morgan fingerprint density at radius 2 is 2.03 bits per heavy atom. The molecule has 0 aromatic carbocycles. The Morgan fingerprint density at radius 1 is 1.19 bits per heavy atom. The lowest BCUT2D eigenvalue weighted by Gasteiger charge is -2.27. The number of rotatable bonds is 3. The van der Waals surface area contributed by atoms with Crippen LogP contribution in [-0.2, 0) is 28.9 Å². The van der Waals surface area contributed by atoms with E-state index in [9.17, 15) is 9.59 Å². The van der Waals surface area contributed by atoms with Crippen molar-refractivity contribution in [1.82, 2.24) is 24.1 Å². The van der Waals surface area contributed by atoms with Crippen molar-refractivity contribution in [3.05, 3.63) is 39.3 Å². The minimum absolute atomic E-state index is 0.0133. The lowest BCUT2D eigenvalue weighted by atomic mass is 9.97. The molecule has 1 amide bonds. The summed E-state index contributed by atoms with van der Waals surface area (Å²) in [6, 6.07) is 3.54. The number of amides is 1. The fraction of sp³-hybridized carbons (Fsp3) is 0.429. The molecule has 0 radical (unpaired) electrons. The standard InChI is InChI=1S/C21H21N5O4S/c27-16(24-7-10-29-11-8-24)12-25-20-17(13-4-1-2-6-15(13)31-20)19-22-18(14-5-3-9-30-14)23-26(19)21(25)28/h3,5,9H,1-2,4,6-8,10-12H2. The minimum Gasteiger partial charge on any atom is -0.461 e. The number of thiophene rings is 1. The van der Waals surface area contributed by atoms with E-state index in [2.05, 4.69) is 10.1 Å². The number of morpholine rings is 1. The molecule has 4 aromatic heterocycles. The van der Waals surface area contributed by atoms with Crippen LogP contribution in [0.4, 0.5) is 0 Å². The van der Waals surface area contributed by atoms with E-state index < -0.39 is 0 Å². The lowest BCUT2D eigenvalue weighted by molar-refractivity contribution is -0.135. The number of hydrogen-bond donors (Lipinski definition) is 0. The summed E-state index contributed by atoms with van der Waals surface area (Å²) in [4.78, 5) is 35.0. The van der Waals surface area contributed by atoms with E-state index in [1.54, 1.807) is 39.2 Å². The average molecular weight is 439 g/mol. The predicted molar refractivity (Wildman–Crippen MR) is 114 cm³/mol. The summed E-state index contributed by atoms with van der Waals surface area (Å²) in [6.45, 7) is 2.13. The van der Waals surface area contributed by atoms with Crippen molar-refractivity contribution in [1.29, 1.82) is 0 Å². The van der Waals surface area contributed by atoms with Crippen molar-refractivity contribution < 1.29 is 13.9 Å². The fourth-order valence-corrected chi connectivity index (χ4v) is 5.85.